The summed E-state index contributed by atoms with van der Waals surface area (Å²) in [6.45, 7) is 6.03. The molecule has 0 saturated heterocycles. The normalized spacial score (nSPS) is 11.7. The highest BCUT2D eigenvalue weighted by molar-refractivity contribution is 6.08. The molecule has 0 bridgehead atoms. The van der Waals surface area contributed by atoms with Crippen LogP contribution in [0.25, 0.3) is 23.1 Å². The first kappa shape index (κ1) is 43.2. The second-order valence-corrected chi connectivity index (χ2v) is 15.0. The molecule has 3 heterocycles. The number of benzene rings is 2. The molecule has 2 aromatic carbocycles. The lowest BCUT2D eigenvalue weighted by molar-refractivity contribution is 0.0987. The van der Waals surface area contributed by atoms with Crippen LogP contribution in [-0.2, 0) is 20.5 Å². The number of hydrogen-bond acceptors (Lipinski definition) is 5. The summed E-state index contributed by atoms with van der Waals surface area (Å²) >= 11 is 0. The third kappa shape index (κ3) is 12.5. The second-order valence-electron chi connectivity index (χ2n) is 15.0. The van der Waals surface area contributed by atoms with Crippen molar-refractivity contribution in [2.75, 3.05) is 23.7 Å². The van der Waals surface area contributed by atoms with Gasteiger partial charge in [-0.2, -0.15) is 0 Å². The smallest absolute Gasteiger partial charge is 0.272 e. The Morgan fingerprint density at radius 2 is 1.48 bits per heavy atom. The summed E-state index contributed by atoms with van der Waals surface area (Å²) in [6.07, 6.45) is 22.1. The van der Waals surface area contributed by atoms with E-state index in [1.165, 1.54) is 44.9 Å². The zero-order valence-corrected chi connectivity index (χ0v) is 34.7. The molecule has 0 atom stereocenters. The van der Waals surface area contributed by atoms with Crippen LogP contribution < -0.4 is 21.7 Å². The number of aromatic nitrogens is 3. The molecule has 0 spiro atoms. The third-order valence-electron chi connectivity index (χ3n) is 10.3. The molecule has 5 rings (SSSR count). The Hall–Kier alpha value is -5.97. The zero-order valence-electron chi connectivity index (χ0n) is 34.7. The van der Waals surface area contributed by atoms with Gasteiger partial charge in [-0.25, -0.2) is 0 Å². The van der Waals surface area contributed by atoms with Gasteiger partial charge in [0.15, 0.2) is 0 Å². The van der Waals surface area contributed by atoms with Gasteiger partial charge in [-0.1, -0.05) is 108 Å². The number of unbranched alkanes of at least 4 members (excludes halogenated alkanes) is 8. The lowest BCUT2D eigenvalue weighted by Crippen LogP contribution is -2.26. The fourth-order valence-electron chi connectivity index (χ4n) is 7.08. The Labute approximate surface area is 343 Å². The van der Waals surface area contributed by atoms with E-state index in [1.807, 2.05) is 54.7 Å². The fourth-order valence-corrected chi connectivity index (χ4v) is 7.08. The minimum atomic E-state index is -0.563. The molecule has 0 aliphatic heterocycles. The number of primary amides is 1. The number of aryl methyl sites for hydroxylation is 2. The number of amidine groups is 1. The van der Waals surface area contributed by atoms with Crippen LogP contribution in [-0.4, -0.2) is 50.8 Å². The molecule has 5 aromatic rings. The van der Waals surface area contributed by atoms with E-state index in [9.17, 15) is 14.4 Å². The Kier molecular flexibility index (Phi) is 16.4. The topological polar surface area (TPSA) is 148 Å². The number of anilines is 2. The number of para-hydroxylation sites is 1. The predicted octanol–water partition coefficient (Wildman–Crippen LogP) is 9.55. The number of carbonyl (C=O) groups is 3. The quantitative estimate of drug-likeness (QED) is 0.0314. The first-order valence-corrected chi connectivity index (χ1v) is 20.8. The van der Waals surface area contributed by atoms with E-state index in [2.05, 4.69) is 40.8 Å². The van der Waals surface area contributed by atoms with Crippen molar-refractivity contribution < 1.29 is 14.4 Å². The van der Waals surface area contributed by atoms with Gasteiger partial charge in [0.2, 0.25) is 0 Å². The van der Waals surface area contributed by atoms with Crippen molar-refractivity contribution in [1.82, 2.24) is 19.4 Å². The zero-order chi connectivity index (χ0) is 41.3. The highest BCUT2D eigenvalue weighted by atomic mass is 16.2. The molecule has 58 heavy (non-hydrogen) atoms. The van der Waals surface area contributed by atoms with Crippen molar-refractivity contribution in [2.45, 2.75) is 90.9 Å². The number of carbonyl (C=O) groups excluding carboxylic acids is 3. The van der Waals surface area contributed by atoms with E-state index < -0.39 is 5.91 Å². The van der Waals surface area contributed by atoms with E-state index in [4.69, 9.17) is 10.7 Å². The van der Waals surface area contributed by atoms with Gasteiger partial charge in [0, 0.05) is 68.7 Å². The standard InChI is InChI=1S/C47H60N8O3/c1-5-7-9-11-15-27-49-43(50-28-16-12-10-8-6-2)26-25-39-41(33-55(4)44(39)45(48)56)53-47(58)42-30-38(32-54(42)3)52-46(57)36-23-21-34(22-24-36)19-20-35-29-37-17-13-14-18-40(37)51-31-35/h13-14,17-24,29-33H,5-12,15-16,25-28H2,1-4H3,(H2,48,56)(H,49,50)(H,52,57)(H,53,58)/b20-19+. The number of nitrogens with zero attached hydrogens (tertiary/aromatic N) is 4. The largest absolute Gasteiger partial charge is 0.374 e. The SMILES string of the molecule is CCCCCCCN=C(CCc1c(NC(=O)c2cc(NC(=O)c3ccc(/C=C/c4cnc5ccccc5c4)cc3)cn2C)cn(C)c1C(N)=O)NCCCCCCC. The number of rotatable bonds is 22. The molecule has 306 valence electrons. The number of nitrogens with one attached hydrogen (secondary N) is 3. The maximum Gasteiger partial charge on any atom is 0.272 e. The molecule has 0 aliphatic carbocycles. The fraction of sp³-hybridized carbons (Fsp3) is 0.383. The molecule has 0 fully saturated rings. The number of pyridine rings is 1. The summed E-state index contributed by atoms with van der Waals surface area (Å²) in [5.74, 6) is -0.326. The van der Waals surface area contributed by atoms with Gasteiger partial charge < -0.3 is 30.8 Å². The van der Waals surface area contributed by atoms with Crippen LogP contribution in [0.1, 0.15) is 133 Å². The van der Waals surface area contributed by atoms with Gasteiger partial charge >= 0.3 is 0 Å². The summed E-state index contributed by atoms with van der Waals surface area (Å²) in [6, 6.07) is 19.0. The molecule has 0 saturated carbocycles. The Morgan fingerprint density at radius 1 is 0.776 bits per heavy atom. The molecule has 3 amide bonds. The van der Waals surface area contributed by atoms with Gasteiger partial charge in [0.05, 0.1) is 22.7 Å². The van der Waals surface area contributed by atoms with Crippen LogP contribution in [0, 0.1) is 0 Å². The molecular formula is C47H60N8O3. The highest BCUT2D eigenvalue weighted by Gasteiger charge is 2.22. The van der Waals surface area contributed by atoms with Gasteiger partial charge in [0.25, 0.3) is 17.7 Å². The molecule has 11 nitrogen and oxygen atoms in total. The average Bonchev–Trinajstić information content (AvgIpc) is 3.75. The molecule has 5 N–H and O–H groups in total. The van der Waals surface area contributed by atoms with Crippen molar-refractivity contribution >= 4 is 58.0 Å². The first-order chi connectivity index (χ1) is 28.2. The molecule has 3 aromatic heterocycles. The minimum Gasteiger partial charge on any atom is -0.374 e. The number of hydrogen-bond donors (Lipinski definition) is 4. The van der Waals surface area contributed by atoms with Crippen molar-refractivity contribution in [3.63, 3.8) is 0 Å². The van der Waals surface area contributed by atoms with Gasteiger partial charge in [-0.3, -0.25) is 24.4 Å². The number of amides is 3. The summed E-state index contributed by atoms with van der Waals surface area (Å²) in [7, 11) is 3.50. The van der Waals surface area contributed by atoms with Crippen LogP contribution in [0.5, 0.6) is 0 Å². The Bertz CT molecular complexity index is 2200. The Morgan fingerprint density at radius 3 is 2.22 bits per heavy atom. The first-order valence-electron chi connectivity index (χ1n) is 20.8. The van der Waals surface area contributed by atoms with Gasteiger partial charge in [-0.15, -0.1) is 0 Å². The maximum absolute atomic E-state index is 13.7. The van der Waals surface area contributed by atoms with Gasteiger partial charge in [-0.05, 0) is 60.7 Å². The van der Waals surface area contributed by atoms with Crippen LogP contribution in [0.4, 0.5) is 11.4 Å². The summed E-state index contributed by atoms with van der Waals surface area (Å²) < 4.78 is 3.32. The van der Waals surface area contributed by atoms with Crippen LogP contribution in [0.2, 0.25) is 0 Å². The van der Waals surface area contributed by atoms with E-state index in [0.717, 1.165) is 60.2 Å². The monoisotopic (exact) mass is 784 g/mol. The second kappa shape index (κ2) is 22.1. The average molecular weight is 785 g/mol. The summed E-state index contributed by atoms with van der Waals surface area (Å²) in [4.78, 5) is 49.1. The molecule has 0 unspecified atom stereocenters. The van der Waals surface area contributed by atoms with Crippen LogP contribution in [0.3, 0.4) is 0 Å². The van der Waals surface area contributed by atoms with Gasteiger partial charge in [0.1, 0.15) is 11.4 Å². The molecule has 11 heteroatoms. The maximum atomic E-state index is 13.7. The van der Waals surface area contributed by atoms with Crippen molar-refractivity contribution in [2.24, 2.45) is 24.8 Å². The highest BCUT2D eigenvalue weighted by Crippen LogP contribution is 2.26. The van der Waals surface area contributed by atoms with Crippen molar-refractivity contribution in [3.8, 4) is 0 Å². The van der Waals surface area contributed by atoms with E-state index in [-0.39, 0.29) is 11.8 Å². The number of aliphatic imine (C=N–C) groups is 1. The Balaban J connectivity index is 1.22. The molecule has 0 radical (unpaired) electrons. The van der Waals surface area contributed by atoms with E-state index >= 15 is 0 Å². The van der Waals surface area contributed by atoms with Crippen molar-refractivity contribution in [1.29, 1.82) is 0 Å². The number of nitrogens with two attached hydrogens (primary N) is 1. The summed E-state index contributed by atoms with van der Waals surface area (Å²) in [5.41, 5.74) is 11.6. The van der Waals surface area contributed by atoms with Crippen LogP contribution in [0.15, 0.2) is 84.2 Å². The molecule has 0 aliphatic rings. The third-order valence-corrected chi connectivity index (χ3v) is 10.3. The minimum absolute atomic E-state index is 0.295. The van der Waals surface area contributed by atoms with E-state index in [1.54, 1.807) is 53.8 Å². The lowest BCUT2D eigenvalue weighted by Gasteiger charge is -2.13. The lowest BCUT2D eigenvalue weighted by atomic mass is 10.1. The molecular weight excluding hydrogens is 725 g/mol. The van der Waals surface area contributed by atoms with Crippen LogP contribution >= 0.6 is 0 Å². The van der Waals surface area contributed by atoms with E-state index in [0.29, 0.717) is 46.7 Å². The number of fused-ring (bicyclic) bond motifs is 1. The predicted molar refractivity (Wildman–Crippen MR) is 239 cm³/mol. The van der Waals surface area contributed by atoms with Crippen molar-refractivity contribution in [3.05, 3.63) is 113 Å². The summed E-state index contributed by atoms with van der Waals surface area (Å²) in [5, 5.41) is 10.6.